The molecule has 0 aliphatic rings. The lowest BCUT2D eigenvalue weighted by atomic mass is 10.1. The lowest BCUT2D eigenvalue weighted by molar-refractivity contribution is -0.133. The number of nitrogens with zero attached hydrogens (tertiary/aromatic N) is 2. The monoisotopic (exact) mass is 237 g/mol. The molecule has 2 N–H and O–H groups in total. The third-order valence-corrected chi connectivity index (χ3v) is 2.49. The fraction of sp³-hybridized carbons (Fsp3) is 0.364. The first-order valence-corrected chi connectivity index (χ1v) is 5.05. The molecule has 1 rings (SSSR count). The third kappa shape index (κ3) is 2.93. The predicted octanol–water partition coefficient (Wildman–Crippen LogP) is 1.09. The van der Waals surface area contributed by atoms with Crippen molar-refractivity contribution in [2.45, 2.75) is 20.8 Å². The minimum Gasteiger partial charge on any atom is -0.478 e. The number of carbonyl (C=O) groups excluding carboxylic acids is 1. The molecule has 0 aliphatic heterocycles. The molecule has 0 bridgehead atoms. The average Bonchev–Trinajstić information content (AvgIpc) is 2.55. The Hall–Kier alpha value is -2.11. The van der Waals surface area contributed by atoms with Crippen LogP contribution < -0.4 is 5.32 Å². The highest BCUT2D eigenvalue weighted by molar-refractivity contribution is 6.08. The summed E-state index contributed by atoms with van der Waals surface area (Å²) in [6.07, 6.45) is 1.66. The van der Waals surface area contributed by atoms with Crippen molar-refractivity contribution in [1.29, 1.82) is 0 Å². The number of nitrogens with one attached hydrogen (secondary N) is 1. The molecule has 1 aromatic heterocycles. The summed E-state index contributed by atoms with van der Waals surface area (Å²) >= 11 is 0. The molecule has 0 saturated carbocycles. The minimum absolute atomic E-state index is 0.0315. The van der Waals surface area contributed by atoms with Gasteiger partial charge in [0.2, 0.25) is 0 Å². The Labute approximate surface area is 98.9 Å². The molecule has 0 radical (unpaired) electrons. The molecule has 6 heteroatoms. The minimum atomic E-state index is -1.10. The van der Waals surface area contributed by atoms with Gasteiger partial charge in [-0.2, -0.15) is 5.10 Å². The van der Waals surface area contributed by atoms with Gasteiger partial charge in [0.1, 0.15) is 0 Å². The summed E-state index contributed by atoms with van der Waals surface area (Å²) in [7, 11) is 1.74. The van der Waals surface area contributed by atoms with Gasteiger partial charge in [-0.25, -0.2) is 4.79 Å². The number of amides is 1. The zero-order valence-corrected chi connectivity index (χ0v) is 10.2. The maximum atomic E-state index is 11.8. The number of carbonyl (C=O) groups is 2. The van der Waals surface area contributed by atoms with Crippen molar-refractivity contribution in [2.75, 3.05) is 5.32 Å². The quantitative estimate of drug-likeness (QED) is 0.771. The van der Waals surface area contributed by atoms with Crippen LogP contribution in [-0.2, 0) is 16.6 Å². The lowest BCUT2D eigenvalue weighted by Crippen LogP contribution is -2.16. The molecule has 0 unspecified atom stereocenters. The van der Waals surface area contributed by atoms with Crippen molar-refractivity contribution < 1.29 is 14.7 Å². The zero-order valence-electron chi connectivity index (χ0n) is 10.2. The van der Waals surface area contributed by atoms with Crippen molar-refractivity contribution in [3.8, 4) is 0 Å². The summed E-state index contributed by atoms with van der Waals surface area (Å²) < 4.78 is 1.58. The molecule has 1 aromatic rings. The van der Waals surface area contributed by atoms with E-state index >= 15 is 0 Å². The molecule has 0 saturated heterocycles. The average molecular weight is 237 g/mol. The summed E-state index contributed by atoms with van der Waals surface area (Å²) in [5.74, 6) is -1.53. The van der Waals surface area contributed by atoms with Crippen molar-refractivity contribution in [3.63, 3.8) is 0 Å². The molecule has 92 valence electrons. The maximum Gasteiger partial charge on any atom is 0.331 e. The first-order chi connectivity index (χ1) is 7.82. The van der Waals surface area contributed by atoms with Crippen LogP contribution in [0, 0.1) is 6.92 Å². The van der Waals surface area contributed by atoms with Gasteiger partial charge < -0.3 is 10.4 Å². The van der Waals surface area contributed by atoms with E-state index in [0.29, 0.717) is 11.4 Å². The maximum absolute atomic E-state index is 11.8. The Morgan fingerprint density at radius 1 is 1.35 bits per heavy atom. The van der Waals surface area contributed by atoms with Gasteiger partial charge in [0.15, 0.2) is 0 Å². The van der Waals surface area contributed by atoms with Crippen LogP contribution in [0.4, 0.5) is 5.69 Å². The lowest BCUT2D eigenvalue weighted by Gasteiger charge is -2.05. The number of anilines is 1. The SMILES string of the molecule is CC(C(=O)O)=C(C)C(=O)Nc1cn(C)nc1C. The summed E-state index contributed by atoms with van der Waals surface area (Å²) in [6, 6.07) is 0. The van der Waals surface area contributed by atoms with Crippen molar-refractivity contribution >= 4 is 17.6 Å². The van der Waals surface area contributed by atoms with E-state index in [1.807, 2.05) is 0 Å². The molecule has 0 aliphatic carbocycles. The number of aryl methyl sites for hydroxylation is 2. The topological polar surface area (TPSA) is 84.2 Å². The van der Waals surface area contributed by atoms with E-state index in [1.54, 1.807) is 24.9 Å². The number of hydrogen-bond acceptors (Lipinski definition) is 3. The Morgan fingerprint density at radius 3 is 2.35 bits per heavy atom. The number of rotatable bonds is 3. The van der Waals surface area contributed by atoms with Gasteiger partial charge in [-0.15, -0.1) is 0 Å². The molecule has 1 heterocycles. The molecule has 0 aromatic carbocycles. The summed E-state index contributed by atoms with van der Waals surface area (Å²) in [4.78, 5) is 22.5. The van der Waals surface area contributed by atoms with E-state index in [0.717, 1.165) is 0 Å². The van der Waals surface area contributed by atoms with E-state index in [-0.39, 0.29) is 11.1 Å². The van der Waals surface area contributed by atoms with Crippen molar-refractivity contribution in [1.82, 2.24) is 9.78 Å². The molecule has 1 amide bonds. The van der Waals surface area contributed by atoms with Crippen LogP contribution in [0.5, 0.6) is 0 Å². The third-order valence-electron chi connectivity index (χ3n) is 2.49. The normalized spacial score (nSPS) is 12.0. The van der Waals surface area contributed by atoms with E-state index in [1.165, 1.54) is 13.8 Å². The summed E-state index contributed by atoms with van der Waals surface area (Å²) in [6.45, 7) is 4.64. The number of aromatic nitrogens is 2. The van der Waals surface area contributed by atoms with E-state index < -0.39 is 11.9 Å². The molecule has 17 heavy (non-hydrogen) atoms. The standard InChI is InChI=1S/C11H15N3O3/c1-6(7(2)11(16)17)10(15)12-9-5-14(4)13-8(9)3/h5H,1-4H3,(H,12,15)(H,16,17). The largest absolute Gasteiger partial charge is 0.478 e. The van der Waals surface area contributed by atoms with Crippen LogP contribution in [0.15, 0.2) is 17.3 Å². The molecule has 0 spiro atoms. The van der Waals surface area contributed by atoms with Crippen molar-refractivity contribution in [3.05, 3.63) is 23.0 Å². The van der Waals surface area contributed by atoms with E-state index in [2.05, 4.69) is 10.4 Å². The highest BCUT2D eigenvalue weighted by Gasteiger charge is 2.14. The highest BCUT2D eigenvalue weighted by Crippen LogP contribution is 2.14. The van der Waals surface area contributed by atoms with E-state index in [9.17, 15) is 9.59 Å². The van der Waals surface area contributed by atoms with Gasteiger partial charge in [-0.05, 0) is 20.8 Å². The number of hydrogen-bond donors (Lipinski definition) is 2. The van der Waals surface area contributed by atoms with Gasteiger partial charge in [0.25, 0.3) is 5.91 Å². The Morgan fingerprint density at radius 2 is 1.94 bits per heavy atom. The van der Waals surface area contributed by atoms with Gasteiger partial charge in [0, 0.05) is 24.4 Å². The number of aliphatic carboxylic acids is 1. The smallest absolute Gasteiger partial charge is 0.331 e. The Bertz CT molecular complexity index is 500. The second-order valence-corrected chi connectivity index (χ2v) is 3.81. The first-order valence-electron chi connectivity index (χ1n) is 5.05. The summed E-state index contributed by atoms with van der Waals surface area (Å²) in [5, 5.41) is 15.5. The molecular weight excluding hydrogens is 222 g/mol. The first kappa shape index (κ1) is 13.0. The molecule has 0 fully saturated rings. The Kier molecular flexibility index (Phi) is 3.67. The van der Waals surface area contributed by atoms with Crippen LogP contribution in [-0.4, -0.2) is 26.8 Å². The number of carboxylic acids is 1. The second kappa shape index (κ2) is 4.82. The Balaban J connectivity index is 2.91. The fourth-order valence-electron chi connectivity index (χ4n) is 1.27. The summed E-state index contributed by atoms with van der Waals surface area (Å²) in [5.41, 5.74) is 1.47. The fourth-order valence-corrected chi connectivity index (χ4v) is 1.27. The van der Waals surface area contributed by atoms with Gasteiger partial charge >= 0.3 is 5.97 Å². The highest BCUT2D eigenvalue weighted by atomic mass is 16.4. The molecule has 6 nitrogen and oxygen atoms in total. The van der Waals surface area contributed by atoms with Gasteiger partial charge in [-0.1, -0.05) is 0 Å². The van der Waals surface area contributed by atoms with Gasteiger partial charge in [-0.3, -0.25) is 9.48 Å². The van der Waals surface area contributed by atoms with Gasteiger partial charge in [0.05, 0.1) is 11.4 Å². The molecular formula is C11H15N3O3. The number of carboxylic acid groups (broad SMARTS) is 1. The van der Waals surface area contributed by atoms with E-state index in [4.69, 9.17) is 5.11 Å². The predicted molar refractivity (Wildman–Crippen MR) is 62.6 cm³/mol. The van der Waals surface area contributed by atoms with Crippen LogP contribution in [0.1, 0.15) is 19.5 Å². The zero-order chi connectivity index (χ0) is 13.2. The van der Waals surface area contributed by atoms with Crippen LogP contribution in [0.2, 0.25) is 0 Å². The van der Waals surface area contributed by atoms with Crippen LogP contribution in [0.25, 0.3) is 0 Å². The van der Waals surface area contributed by atoms with Crippen molar-refractivity contribution in [2.24, 2.45) is 7.05 Å². The van der Waals surface area contributed by atoms with Crippen LogP contribution >= 0.6 is 0 Å². The second-order valence-electron chi connectivity index (χ2n) is 3.81. The molecule has 0 atom stereocenters. The van der Waals surface area contributed by atoms with Crippen LogP contribution in [0.3, 0.4) is 0 Å².